The molecule has 0 saturated heterocycles. The Morgan fingerprint density at radius 1 is 1.43 bits per heavy atom. The first-order chi connectivity index (χ1) is 6.95. The first kappa shape index (κ1) is 8.88. The predicted molar refractivity (Wildman–Crippen MR) is 58.3 cm³/mol. The summed E-state index contributed by atoms with van der Waals surface area (Å²) in [5, 5.41) is 0. The molecular formula is C12H12N2. The van der Waals surface area contributed by atoms with Gasteiger partial charge in [0.1, 0.15) is 0 Å². The van der Waals surface area contributed by atoms with Crippen molar-refractivity contribution in [3.63, 3.8) is 0 Å². The summed E-state index contributed by atoms with van der Waals surface area (Å²) >= 11 is 0. The van der Waals surface area contributed by atoms with E-state index < -0.39 is 0 Å². The molecule has 0 aliphatic heterocycles. The summed E-state index contributed by atoms with van der Waals surface area (Å²) in [6.07, 6.45) is 11.0. The number of allylic oxidation sites excluding steroid dienone is 4. The van der Waals surface area contributed by atoms with Crippen molar-refractivity contribution in [3.05, 3.63) is 53.9 Å². The molecule has 0 amide bonds. The molecule has 0 bridgehead atoms. The molecule has 0 unspecified atom stereocenters. The summed E-state index contributed by atoms with van der Waals surface area (Å²) < 4.78 is 0. The molecule has 2 heteroatoms. The van der Waals surface area contributed by atoms with E-state index in [2.05, 4.69) is 28.2 Å². The van der Waals surface area contributed by atoms with Gasteiger partial charge in [-0.2, -0.15) is 0 Å². The second-order valence-corrected chi connectivity index (χ2v) is 3.16. The standard InChI is InChI=1S/C12H12N2/c1-2-6-11(5-1)9-13-10-12-7-3-4-8-14-12/h1-5,7-9H,6,10H2. The molecule has 0 atom stereocenters. The molecule has 0 radical (unpaired) electrons. The van der Waals surface area contributed by atoms with Crippen LogP contribution in [0.2, 0.25) is 0 Å². The zero-order valence-electron chi connectivity index (χ0n) is 7.93. The van der Waals surface area contributed by atoms with Crippen LogP contribution in [0.5, 0.6) is 0 Å². The molecule has 2 nitrogen and oxygen atoms in total. The molecule has 70 valence electrons. The molecule has 0 fully saturated rings. The minimum Gasteiger partial charge on any atom is -0.287 e. The van der Waals surface area contributed by atoms with Gasteiger partial charge in [-0.05, 0) is 24.1 Å². The summed E-state index contributed by atoms with van der Waals surface area (Å²) in [6.45, 7) is 0.665. The van der Waals surface area contributed by atoms with Gasteiger partial charge in [0.15, 0.2) is 0 Å². The number of hydrogen-bond donors (Lipinski definition) is 0. The molecule has 1 aromatic rings. The number of aromatic nitrogens is 1. The molecule has 1 aromatic heterocycles. The van der Waals surface area contributed by atoms with Crippen LogP contribution in [0, 0.1) is 0 Å². The Kier molecular flexibility index (Phi) is 2.86. The molecule has 0 spiro atoms. The van der Waals surface area contributed by atoms with Crippen molar-refractivity contribution in [1.82, 2.24) is 4.98 Å². The van der Waals surface area contributed by atoms with E-state index in [9.17, 15) is 0 Å². The van der Waals surface area contributed by atoms with Crippen molar-refractivity contribution < 1.29 is 0 Å². The Morgan fingerprint density at radius 3 is 3.14 bits per heavy atom. The van der Waals surface area contributed by atoms with Crippen LogP contribution in [0.4, 0.5) is 0 Å². The van der Waals surface area contributed by atoms with Gasteiger partial charge in [-0.25, -0.2) is 0 Å². The van der Waals surface area contributed by atoms with Crippen LogP contribution >= 0.6 is 0 Å². The van der Waals surface area contributed by atoms with E-state index in [4.69, 9.17) is 0 Å². The average molecular weight is 184 g/mol. The van der Waals surface area contributed by atoms with Crippen LogP contribution < -0.4 is 0 Å². The third-order valence-electron chi connectivity index (χ3n) is 2.04. The number of pyridine rings is 1. The molecule has 1 heterocycles. The molecule has 0 N–H and O–H groups in total. The molecule has 2 rings (SSSR count). The lowest BCUT2D eigenvalue weighted by atomic mass is 10.2. The highest BCUT2D eigenvalue weighted by Gasteiger charge is 1.94. The van der Waals surface area contributed by atoms with Gasteiger partial charge in [0.25, 0.3) is 0 Å². The molecular weight excluding hydrogens is 172 g/mol. The van der Waals surface area contributed by atoms with E-state index in [1.54, 1.807) is 6.20 Å². The Bertz CT molecular complexity index is 375. The number of rotatable bonds is 3. The number of nitrogens with zero attached hydrogens (tertiary/aromatic N) is 2. The molecule has 0 aromatic carbocycles. The van der Waals surface area contributed by atoms with Crippen LogP contribution in [0.1, 0.15) is 12.1 Å². The van der Waals surface area contributed by atoms with E-state index in [0.29, 0.717) is 6.54 Å². The number of hydrogen-bond acceptors (Lipinski definition) is 2. The smallest absolute Gasteiger partial charge is 0.0811 e. The Labute approximate surface area is 83.7 Å². The molecule has 0 saturated carbocycles. The zero-order valence-corrected chi connectivity index (χ0v) is 7.93. The van der Waals surface area contributed by atoms with Gasteiger partial charge in [-0.3, -0.25) is 9.98 Å². The molecule has 14 heavy (non-hydrogen) atoms. The fraction of sp³-hybridized carbons (Fsp3) is 0.167. The largest absolute Gasteiger partial charge is 0.287 e. The van der Waals surface area contributed by atoms with Gasteiger partial charge in [0.2, 0.25) is 0 Å². The fourth-order valence-electron chi connectivity index (χ4n) is 1.31. The van der Waals surface area contributed by atoms with Crippen molar-refractivity contribution >= 4 is 6.21 Å². The van der Waals surface area contributed by atoms with Crippen molar-refractivity contribution in [2.75, 3.05) is 0 Å². The minimum atomic E-state index is 0.665. The lowest BCUT2D eigenvalue weighted by Gasteiger charge is -1.94. The Hall–Kier alpha value is -1.70. The molecule has 1 aliphatic rings. The second-order valence-electron chi connectivity index (χ2n) is 3.16. The SMILES string of the molecule is C1=CCC(C=NCc2ccccn2)=C1. The van der Waals surface area contributed by atoms with Crippen LogP contribution in [0.15, 0.2) is 53.2 Å². The summed E-state index contributed by atoms with van der Waals surface area (Å²) in [6, 6.07) is 5.88. The van der Waals surface area contributed by atoms with Crippen molar-refractivity contribution in [1.29, 1.82) is 0 Å². The van der Waals surface area contributed by atoms with Gasteiger partial charge in [-0.15, -0.1) is 0 Å². The lowest BCUT2D eigenvalue weighted by molar-refractivity contribution is 0.994. The third kappa shape index (κ3) is 2.39. The van der Waals surface area contributed by atoms with E-state index in [1.807, 2.05) is 24.4 Å². The Balaban J connectivity index is 1.88. The van der Waals surface area contributed by atoms with Crippen LogP contribution in [-0.4, -0.2) is 11.2 Å². The normalized spacial score (nSPS) is 15.0. The lowest BCUT2D eigenvalue weighted by Crippen LogP contribution is -1.87. The van der Waals surface area contributed by atoms with Gasteiger partial charge >= 0.3 is 0 Å². The topological polar surface area (TPSA) is 25.2 Å². The van der Waals surface area contributed by atoms with Crippen molar-refractivity contribution in [2.24, 2.45) is 4.99 Å². The first-order valence-corrected chi connectivity index (χ1v) is 4.70. The van der Waals surface area contributed by atoms with Crippen molar-refractivity contribution in [2.45, 2.75) is 13.0 Å². The van der Waals surface area contributed by atoms with E-state index in [1.165, 1.54) is 5.57 Å². The monoisotopic (exact) mass is 184 g/mol. The molecule has 1 aliphatic carbocycles. The summed E-state index contributed by atoms with van der Waals surface area (Å²) in [4.78, 5) is 8.52. The van der Waals surface area contributed by atoms with Gasteiger partial charge in [0, 0.05) is 12.4 Å². The Morgan fingerprint density at radius 2 is 2.43 bits per heavy atom. The summed E-state index contributed by atoms with van der Waals surface area (Å²) in [5.41, 5.74) is 2.27. The second kappa shape index (κ2) is 4.51. The maximum absolute atomic E-state index is 4.33. The van der Waals surface area contributed by atoms with Crippen LogP contribution in [0.25, 0.3) is 0 Å². The van der Waals surface area contributed by atoms with Crippen LogP contribution in [-0.2, 0) is 6.54 Å². The quantitative estimate of drug-likeness (QED) is 0.663. The highest BCUT2D eigenvalue weighted by Crippen LogP contribution is 2.07. The predicted octanol–water partition coefficient (Wildman–Crippen LogP) is 2.54. The minimum absolute atomic E-state index is 0.665. The summed E-state index contributed by atoms with van der Waals surface area (Å²) in [7, 11) is 0. The maximum Gasteiger partial charge on any atom is 0.0811 e. The van der Waals surface area contributed by atoms with E-state index in [0.717, 1.165) is 12.1 Å². The first-order valence-electron chi connectivity index (χ1n) is 4.70. The van der Waals surface area contributed by atoms with Crippen LogP contribution in [0.3, 0.4) is 0 Å². The van der Waals surface area contributed by atoms with E-state index in [-0.39, 0.29) is 0 Å². The average Bonchev–Trinajstić information content (AvgIpc) is 2.72. The zero-order chi connectivity index (χ0) is 9.64. The van der Waals surface area contributed by atoms with Gasteiger partial charge in [-0.1, -0.05) is 24.3 Å². The highest BCUT2D eigenvalue weighted by molar-refractivity contribution is 5.80. The summed E-state index contributed by atoms with van der Waals surface area (Å²) in [5.74, 6) is 0. The van der Waals surface area contributed by atoms with Crippen molar-refractivity contribution in [3.8, 4) is 0 Å². The maximum atomic E-state index is 4.33. The fourth-order valence-corrected chi connectivity index (χ4v) is 1.31. The number of aliphatic imine (C=N–C) groups is 1. The van der Waals surface area contributed by atoms with E-state index >= 15 is 0 Å². The van der Waals surface area contributed by atoms with Gasteiger partial charge in [0.05, 0.1) is 12.2 Å². The highest BCUT2D eigenvalue weighted by atomic mass is 14.8. The third-order valence-corrected chi connectivity index (χ3v) is 2.04. The van der Waals surface area contributed by atoms with Gasteiger partial charge < -0.3 is 0 Å².